The number of aliphatic hydroxyl groups is 12. The van der Waals surface area contributed by atoms with Crippen LogP contribution in [0.2, 0.25) is 0 Å². The number of hydrogen-bond acceptors (Lipinski definition) is 19. The van der Waals surface area contributed by atoms with Gasteiger partial charge in [-0.2, -0.15) is 0 Å². The Labute approximate surface area is 373 Å². The lowest BCUT2D eigenvalue weighted by Crippen LogP contribution is -2.65. The first kappa shape index (κ1) is 49.2. The molecule has 0 bridgehead atoms. The van der Waals surface area contributed by atoms with E-state index in [0.717, 1.165) is 50.7 Å². The monoisotopic (exact) mass is 918 g/mol. The summed E-state index contributed by atoms with van der Waals surface area (Å²) < 4.78 is 41.9. The molecule has 0 unspecified atom stereocenters. The molecule has 8 rings (SSSR count). The zero-order valence-corrected chi connectivity index (χ0v) is 37.3. The Balaban J connectivity index is 0.888. The van der Waals surface area contributed by atoms with Gasteiger partial charge >= 0.3 is 0 Å². The molecular formula is C45H74O19. The van der Waals surface area contributed by atoms with E-state index in [4.69, 9.17) is 33.2 Å². The summed E-state index contributed by atoms with van der Waals surface area (Å²) in [4.78, 5) is 0. The van der Waals surface area contributed by atoms with Crippen molar-refractivity contribution < 1.29 is 94.4 Å². The summed E-state index contributed by atoms with van der Waals surface area (Å²) in [5.41, 5.74) is 1.18. The number of ether oxygens (including phenoxy) is 7. The zero-order chi connectivity index (χ0) is 46.2. The molecule has 0 amide bonds. The Morgan fingerprint density at radius 3 is 1.89 bits per heavy atom. The summed E-state index contributed by atoms with van der Waals surface area (Å²) in [6.07, 6.45) is -16.4. The fourth-order valence-corrected chi connectivity index (χ4v) is 13.7. The molecule has 64 heavy (non-hydrogen) atoms. The van der Waals surface area contributed by atoms with Crippen molar-refractivity contribution in [2.24, 2.45) is 46.3 Å². The minimum absolute atomic E-state index is 0.0561. The van der Waals surface area contributed by atoms with Crippen molar-refractivity contribution in [2.75, 3.05) is 26.4 Å². The molecule has 4 aliphatic heterocycles. The maximum Gasteiger partial charge on any atom is 0.187 e. The number of allylic oxidation sites excluding steroid dienone is 1. The minimum Gasteiger partial charge on any atom is -0.494 e. The van der Waals surface area contributed by atoms with Crippen LogP contribution in [0.15, 0.2) is 11.3 Å². The second-order valence-electron chi connectivity index (χ2n) is 21.0. The molecule has 7 fully saturated rings. The van der Waals surface area contributed by atoms with Gasteiger partial charge in [-0.1, -0.05) is 20.8 Å². The Morgan fingerprint density at radius 2 is 1.25 bits per heavy atom. The Kier molecular flexibility index (Phi) is 14.9. The third-order valence-corrected chi connectivity index (χ3v) is 17.4. The SMILES string of the molecule is CC1=C(CC[C@@H](C)CO[C@H]2O[C@@H](CO)[C@H](O)[C@@H](O)[C@@H]2O)O[C@@H]2C[C@@H]3[C@H]4CC[C@@H]5C[C@H](O[C@H]6O[C@@H](CO)[C@H](O)[C@@H](O)[C@@H]6O[C@H]6O[C@@H](CO)[C@H](O)[C@@H](O)[C@@H]6O)[C@@H](O)C[C@@]5(C)[C@@H]4CC[C@@]3(C)[C@H]12. The molecule has 0 aromatic carbocycles. The third kappa shape index (κ3) is 8.63. The Hall–Kier alpha value is -1.18. The van der Waals surface area contributed by atoms with E-state index in [1.807, 2.05) is 6.92 Å². The standard InChI is InChI=1S/C45H74O19/c1-18(17-58-41-38(56)35(53)32(50)28(14-46)61-41)5-8-25-19(2)31-27(59-25)12-23-21-7-6-20-11-26(24(49)13-45(20,4)22(21)9-10-44(23,31)3)60-43-40(37(55)34(52)30(16-48)63-43)64-42-39(57)36(54)33(51)29(15-47)62-42/h18,20-24,26-43,46-57H,5-17H2,1-4H3/t18-,20-,21+,22-,23-,24+,26+,27-,28+,29+,30+,31-,32+,33+,34+,35-,36-,37-,38+,39+,40+,41+,42-,43+,44-,45-/m1/s1. The third-order valence-electron chi connectivity index (χ3n) is 17.4. The van der Waals surface area contributed by atoms with Crippen molar-refractivity contribution in [3.63, 3.8) is 0 Å². The smallest absolute Gasteiger partial charge is 0.187 e. The number of aliphatic hydroxyl groups excluding tert-OH is 12. The van der Waals surface area contributed by atoms with Gasteiger partial charge in [-0.05, 0) is 104 Å². The molecule has 12 N–H and O–H groups in total. The molecule has 4 heterocycles. The Morgan fingerprint density at radius 1 is 0.656 bits per heavy atom. The summed E-state index contributed by atoms with van der Waals surface area (Å²) >= 11 is 0. The number of fused-ring (bicyclic) bond motifs is 7. The lowest BCUT2D eigenvalue weighted by atomic mass is 9.44. The first-order chi connectivity index (χ1) is 30.4. The van der Waals surface area contributed by atoms with Crippen LogP contribution in [0.4, 0.5) is 0 Å². The molecular weight excluding hydrogens is 844 g/mol. The quantitative estimate of drug-likeness (QED) is 0.0902. The number of hydrogen-bond donors (Lipinski definition) is 12. The van der Waals surface area contributed by atoms with Gasteiger partial charge < -0.3 is 94.4 Å². The van der Waals surface area contributed by atoms with E-state index in [0.29, 0.717) is 36.5 Å². The fourth-order valence-electron chi connectivity index (χ4n) is 13.7. The van der Waals surface area contributed by atoms with Gasteiger partial charge in [-0.3, -0.25) is 0 Å². The van der Waals surface area contributed by atoms with Crippen molar-refractivity contribution in [1.29, 1.82) is 0 Å². The van der Waals surface area contributed by atoms with Crippen molar-refractivity contribution in [3.8, 4) is 0 Å². The predicted octanol–water partition coefficient (Wildman–Crippen LogP) is -1.86. The van der Waals surface area contributed by atoms with Crippen LogP contribution < -0.4 is 0 Å². The van der Waals surface area contributed by atoms with Gasteiger partial charge in [0.15, 0.2) is 18.9 Å². The van der Waals surface area contributed by atoms with Gasteiger partial charge in [0.25, 0.3) is 0 Å². The van der Waals surface area contributed by atoms with Crippen molar-refractivity contribution >= 4 is 0 Å². The summed E-state index contributed by atoms with van der Waals surface area (Å²) in [5.74, 6) is 2.88. The van der Waals surface area contributed by atoms with E-state index in [1.165, 1.54) is 5.57 Å². The molecule has 26 atom stereocenters. The molecule has 0 radical (unpaired) electrons. The second-order valence-corrected chi connectivity index (χ2v) is 21.0. The van der Waals surface area contributed by atoms with Crippen LogP contribution in [0.1, 0.15) is 85.5 Å². The molecule has 0 aromatic rings. The van der Waals surface area contributed by atoms with Gasteiger partial charge in [-0.15, -0.1) is 0 Å². The Bertz CT molecular complexity index is 1620. The topological polar surface area (TPSA) is 307 Å². The maximum atomic E-state index is 11.9. The highest BCUT2D eigenvalue weighted by atomic mass is 16.8. The van der Waals surface area contributed by atoms with Gasteiger partial charge in [0.2, 0.25) is 0 Å². The predicted molar refractivity (Wildman–Crippen MR) is 219 cm³/mol. The molecule has 4 aliphatic carbocycles. The van der Waals surface area contributed by atoms with Crippen molar-refractivity contribution in [1.82, 2.24) is 0 Å². The molecule has 3 saturated heterocycles. The molecule has 0 aromatic heterocycles. The summed E-state index contributed by atoms with van der Waals surface area (Å²) in [5, 5.41) is 125. The lowest BCUT2D eigenvalue weighted by molar-refractivity contribution is -0.376. The zero-order valence-electron chi connectivity index (χ0n) is 37.3. The number of rotatable bonds is 13. The van der Waals surface area contributed by atoms with Crippen LogP contribution in [0, 0.1) is 46.3 Å². The largest absolute Gasteiger partial charge is 0.494 e. The van der Waals surface area contributed by atoms with Gasteiger partial charge in [0.05, 0.1) is 44.4 Å². The highest BCUT2D eigenvalue weighted by Gasteiger charge is 2.65. The highest BCUT2D eigenvalue weighted by Crippen LogP contribution is 2.70. The van der Waals surface area contributed by atoms with E-state index in [1.54, 1.807) is 0 Å². The molecule has 19 heteroatoms. The second kappa shape index (κ2) is 19.3. The van der Waals surface area contributed by atoms with E-state index in [9.17, 15) is 61.3 Å². The summed E-state index contributed by atoms with van der Waals surface area (Å²) in [6, 6.07) is 0. The van der Waals surface area contributed by atoms with Crippen LogP contribution in [0.25, 0.3) is 0 Å². The van der Waals surface area contributed by atoms with Crippen molar-refractivity contribution in [3.05, 3.63) is 11.3 Å². The van der Waals surface area contributed by atoms with Gasteiger partial charge in [-0.25, -0.2) is 0 Å². The van der Waals surface area contributed by atoms with Crippen LogP contribution in [0.5, 0.6) is 0 Å². The van der Waals surface area contributed by atoms with E-state index >= 15 is 0 Å². The average molecular weight is 919 g/mol. The molecule has 368 valence electrons. The van der Waals surface area contributed by atoms with Crippen LogP contribution in [-0.2, 0) is 33.2 Å². The molecule has 0 spiro atoms. The van der Waals surface area contributed by atoms with E-state index < -0.39 is 124 Å². The fraction of sp³-hybridized carbons (Fsp3) is 0.956. The van der Waals surface area contributed by atoms with E-state index in [2.05, 4.69) is 20.8 Å². The molecule has 8 aliphatic rings. The van der Waals surface area contributed by atoms with Crippen LogP contribution in [-0.4, -0.2) is 198 Å². The van der Waals surface area contributed by atoms with Gasteiger partial charge in [0, 0.05) is 12.3 Å². The minimum atomic E-state index is -1.79. The normalized spacial score (nSPS) is 53.2. The summed E-state index contributed by atoms with van der Waals surface area (Å²) in [7, 11) is 0. The first-order valence-corrected chi connectivity index (χ1v) is 23.6. The van der Waals surface area contributed by atoms with Crippen LogP contribution in [0.3, 0.4) is 0 Å². The van der Waals surface area contributed by atoms with Gasteiger partial charge in [0.1, 0.15) is 79.4 Å². The van der Waals surface area contributed by atoms with Crippen molar-refractivity contribution in [2.45, 2.75) is 196 Å². The highest BCUT2D eigenvalue weighted by molar-refractivity contribution is 5.27. The first-order valence-electron chi connectivity index (χ1n) is 23.6. The molecule has 4 saturated carbocycles. The summed E-state index contributed by atoms with van der Waals surface area (Å²) in [6.45, 7) is 7.37. The maximum absolute atomic E-state index is 11.9. The van der Waals surface area contributed by atoms with E-state index in [-0.39, 0.29) is 35.4 Å². The molecule has 19 nitrogen and oxygen atoms in total. The van der Waals surface area contributed by atoms with Crippen LogP contribution >= 0.6 is 0 Å². The lowest BCUT2D eigenvalue weighted by Gasteiger charge is -2.61. The average Bonchev–Trinajstić information content (AvgIpc) is 3.76.